The summed E-state index contributed by atoms with van der Waals surface area (Å²) in [5.74, 6) is 1.03. The number of aromatic amines is 1. The number of hydrogen-bond acceptors (Lipinski definition) is 5. The monoisotopic (exact) mass is 520 g/mol. The van der Waals surface area contributed by atoms with Crippen molar-refractivity contribution in [2.75, 3.05) is 27.3 Å². The summed E-state index contributed by atoms with van der Waals surface area (Å²) in [6.45, 7) is 2.83. The van der Waals surface area contributed by atoms with Crippen molar-refractivity contribution in [3.63, 3.8) is 0 Å². The van der Waals surface area contributed by atoms with E-state index < -0.39 is 0 Å². The molecule has 3 aromatic carbocycles. The molecule has 2 aromatic heterocycles. The molecular weight excluding hydrogens is 488 g/mol. The van der Waals surface area contributed by atoms with Crippen LogP contribution in [-0.2, 0) is 6.54 Å². The number of nitrogens with zero attached hydrogens (tertiary/aromatic N) is 2. The zero-order chi connectivity index (χ0) is 26.8. The van der Waals surface area contributed by atoms with Gasteiger partial charge in [0.25, 0.3) is 5.91 Å². The molecule has 1 fully saturated rings. The van der Waals surface area contributed by atoms with Gasteiger partial charge in [-0.25, -0.2) is 4.98 Å². The zero-order valence-corrected chi connectivity index (χ0v) is 22.2. The van der Waals surface area contributed by atoms with E-state index in [2.05, 4.69) is 45.5 Å². The van der Waals surface area contributed by atoms with Crippen molar-refractivity contribution in [1.29, 1.82) is 0 Å². The van der Waals surface area contributed by atoms with E-state index in [1.54, 1.807) is 14.2 Å². The molecule has 0 saturated carbocycles. The Labute approximate surface area is 227 Å². The summed E-state index contributed by atoms with van der Waals surface area (Å²) >= 11 is 0. The van der Waals surface area contributed by atoms with Crippen LogP contribution < -0.4 is 14.8 Å². The molecule has 1 saturated heterocycles. The second-order valence-electron chi connectivity index (χ2n) is 10.00. The van der Waals surface area contributed by atoms with Crippen molar-refractivity contribution in [1.82, 2.24) is 20.2 Å². The third-order valence-corrected chi connectivity index (χ3v) is 7.56. The van der Waals surface area contributed by atoms with Gasteiger partial charge in [0.1, 0.15) is 5.69 Å². The Morgan fingerprint density at radius 3 is 2.49 bits per heavy atom. The summed E-state index contributed by atoms with van der Waals surface area (Å²) in [6, 6.07) is 26.3. The number of nitrogens with one attached hydrogen (secondary N) is 2. The molecule has 0 spiro atoms. The molecular formula is C32H32N4O3. The van der Waals surface area contributed by atoms with Crippen LogP contribution in [-0.4, -0.2) is 54.1 Å². The van der Waals surface area contributed by atoms with Gasteiger partial charge < -0.3 is 19.8 Å². The number of methoxy groups -OCH3 is 2. The van der Waals surface area contributed by atoms with Gasteiger partial charge in [0.2, 0.25) is 0 Å². The van der Waals surface area contributed by atoms with Crippen molar-refractivity contribution in [3.05, 3.63) is 90.1 Å². The van der Waals surface area contributed by atoms with E-state index >= 15 is 0 Å². The topological polar surface area (TPSA) is 79.5 Å². The number of carbonyl (C=O) groups is 1. The SMILES string of the molecule is COc1cccc(-c2nc(C(=O)NC3CCN(Cc4ccccc4)CC3)cc3c2[nH]c2ccccc23)c1OC. The molecule has 0 aliphatic carbocycles. The van der Waals surface area contributed by atoms with Crippen molar-refractivity contribution in [3.8, 4) is 22.8 Å². The van der Waals surface area contributed by atoms with Gasteiger partial charge in [-0.3, -0.25) is 9.69 Å². The van der Waals surface area contributed by atoms with Gasteiger partial charge in [0.05, 0.1) is 25.4 Å². The molecule has 1 aliphatic rings. The molecule has 0 atom stereocenters. The van der Waals surface area contributed by atoms with E-state index in [-0.39, 0.29) is 11.9 Å². The molecule has 0 bridgehead atoms. The van der Waals surface area contributed by atoms with Gasteiger partial charge in [0.15, 0.2) is 11.5 Å². The van der Waals surface area contributed by atoms with E-state index in [0.29, 0.717) is 22.9 Å². The second-order valence-corrected chi connectivity index (χ2v) is 10.00. The average Bonchev–Trinajstić information content (AvgIpc) is 3.36. The van der Waals surface area contributed by atoms with E-state index in [1.165, 1.54) is 5.56 Å². The highest BCUT2D eigenvalue weighted by molar-refractivity contribution is 6.13. The standard InChI is InChI=1S/C32H32N4O3/c1-38-28-14-8-12-24(31(28)39-2)29-30-25(23-11-6-7-13-26(23)34-30)19-27(35-29)32(37)33-22-15-17-36(18-16-22)20-21-9-4-3-5-10-21/h3-14,19,22,34H,15-18,20H2,1-2H3,(H,33,37). The Morgan fingerprint density at radius 2 is 1.72 bits per heavy atom. The molecule has 7 nitrogen and oxygen atoms in total. The van der Waals surface area contributed by atoms with Crippen LogP contribution in [0.2, 0.25) is 0 Å². The summed E-state index contributed by atoms with van der Waals surface area (Å²) in [7, 11) is 3.23. The van der Waals surface area contributed by atoms with Crippen LogP contribution in [0.4, 0.5) is 0 Å². The van der Waals surface area contributed by atoms with Crippen molar-refractivity contribution < 1.29 is 14.3 Å². The van der Waals surface area contributed by atoms with Crippen LogP contribution in [0.1, 0.15) is 28.9 Å². The number of amides is 1. The highest BCUT2D eigenvalue weighted by Gasteiger charge is 2.24. The summed E-state index contributed by atoms with van der Waals surface area (Å²) in [5.41, 5.74) is 4.96. The Balaban J connectivity index is 1.30. The molecule has 0 radical (unpaired) electrons. The van der Waals surface area contributed by atoms with Crippen molar-refractivity contribution in [2.45, 2.75) is 25.4 Å². The minimum Gasteiger partial charge on any atom is -0.493 e. The van der Waals surface area contributed by atoms with Crippen molar-refractivity contribution >= 4 is 27.7 Å². The Hall–Kier alpha value is -4.36. The lowest BCUT2D eigenvalue weighted by atomic mass is 10.0. The summed E-state index contributed by atoms with van der Waals surface area (Å²) in [5, 5.41) is 5.25. The Kier molecular flexibility index (Phi) is 6.90. The molecule has 1 amide bonds. The van der Waals surface area contributed by atoms with Gasteiger partial charge in [-0.2, -0.15) is 0 Å². The summed E-state index contributed by atoms with van der Waals surface area (Å²) in [4.78, 5) is 24.4. The fourth-order valence-corrected chi connectivity index (χ4v) is 5.57. The second kappa shape index (κ2) is 10.8. The molecule has 39 heavy (non-hydrogen) atoms. The number of hydrogen-bond donors (Lipinski definition) is 2. The average molecular weight is 521 g/mol. The maximum atomic E-state index is 13.6. The van der Waals surface area contributed by atoms with Crippen LogP contribution in [0.15, 0.2) is 78.9 Å². The van der Waals surface area contributed by atoms with Gasteiger partial charge in [-0.1, -0.05) is 54.6 Å². The zero-order valence-electron chi connectivity index (χ0n) is 22.2. The minimum absolute atomic E-state index is 0.111. The maximum Gasteiger partial charge on any atom is 0.270 e. The van der Waals surface area contributed by atoms with Crippen LogP contribution >= 0.6 is 0 Å². The number of benzene rings is 3. The number of rotatable bonds is 7. The maximum absolute atomic E-state index is 13.6. The lowest BCUT2D eigenvalue weighted by Crippen LogP contribution is -2.44. The Bertz CT molecular complexity index is 1620. The van der Waals surface area contributed by atoms with Crippen LogP contribution in [0, 0.1) is 0 Å². The summed E-state index contributed by atoms with van der Waals surface area (Å²) < 4.78 is 11.3. The smallest absolute Gasteiger partial charge is 0.270 e. The van der Waals surface area contributed by atoms with E-state index in [9.17, 15) is 4.79 Å². The fraction of sp³-hybridized carbons (Fsp3) is 0.250. The fourth-order valence-electron chi connectivity index (χ4n) is 5.57. The first-order valence-electron chi connectivity index (χ1n) is 13.3. The van der Waals surface area contributed by atoms with E-state index in [1.807, 2.05) is 48.5 Å². The van der Waals surface area contributed by atoms with Gasteiger partial charge in [-0.15, -0.1) is 0 Å². The molecule has 198 valence electrons. The quantitative estimate of drug-likeness (QED) is 0.284. The predicted octanol–water partition coefficient (Wildman–Crippen LogP) is 5.79. The first-order chi connectivity index (χ1) is 19.1. The highest BCUT2D eigenvalue weighted by atomic mass is 16.5. The van der Waals surface area contributed by atoms with Crippen molar-refractivity contribution in [2.24, 2.45) is 0 Å². The first-order valence-corrected chi connectivity index (χ1v) is 13.3. The van der Waals surface area contributed by atoms with Crippen LogP contribution in [0.5, 0.6) is 11.5 Å². The number of likely N-dealkylation sites (tertiary alicyclic amines) is 1. The highest BCUT2D eigenvalue weighted by Crippen LogP contribution is 2.41. The number of ether oxygens (including phenoxy) is 2. The minimum atomic E-state index is -0.160. The largest absolute Gasteiger partial charge is 0.493 e. The lowest BCUT2D eigenvalue weighted by Gasteiger charge is -2.32. The van der Waals surface area contributed by atoms with E-state index in [0.717, 1.165) is 59.8 Å². The van der Waals surface area contributed by atoms with Gasteiger partial charge in [-0.05, 0) is 42.7 Å². The normalized spacial score (nSPS) is 14.5. The van der Waals surface area contributed by atoms with Gasteiger partial charge in [0, 0.05) is 47.5 Å². The third kappa shape index (κ3) is 4.93. The number of aromatic nitrogens is 2. The molecule has 5 aromatic rings. The predicted molar refractivity (Wildman–Crippen MR) is 154 cm³/mol. The molecule has 6 rings (SSSR count). The Morgan fingerprint density at radius 1 is 0.949 bits per heavy atom. The number of piperidine rings is 1. The third-order valence-electron chi connectivity index (χ3n) is 7.56. The number of H-pyrrole nitrogens is 1. The summed E-state index contributed by atoms with van der Waals surface area (Å²) in [6.07, 6.45) is 1.81. The molecule has 1 aliphatic heterocycles. The molecule has 3 heterocycles. The van der Waals surface area contributed by atoms with Gasteiger partial charge >= 0.3 is 0 Å². The number of carbonyl (C=O) groups excluding carboxylic acids is 1. The van der Waals surface area contributed by atoms with E-state index in [4.69, 9.17) is 14.5 Å². The molecule has 2 N–H and O–H groups in total. The number of fused-ring (bicyclic) bond motifs is 3. The number of pyridine rings is 1. The lowest BCUT2D eigenvalue weighted by molar-refractivity contribution is 0.0904. The number of para-hydroxylation sites is 2. The van der Waals surface area contributed by atoms with Crippen LogP contribution in [0.3, 0.4) is 0 Å². The first kappa shape index (κ1) is 24.9. The molecule has 7 heteroatoms. The van der Waals surface area contributed by atoms with Crippen LogP contribution in [0.25, 0.3) is 33.1 Å². The molecule has 0 unspecified atom stereocenters.